The van der Waals surface area contributed by atoms with E-state index in [0.717, 1.165) is 22.7 Å². The molecule has 1 aromatic carbocycles. The third-order valence-electron chi connectivity index (χ3n) is 3.24. The number of rotatable bonds is 6. The summed E-state index contributed by atoms with van der Waals surface area (Å²) in [7, 11) is 0. The number of amides is 1. The quantitative estimate of drug-likeness (QED) is 0.748. The average Bonchev–Trinajstić information content (AvgIpc) is 3.19. The van der Waals surface area contributed by atoms with Gasteiger partial charge in [-0.1, -0.05) is 30.3 Å². The minimum Gasteiger partial charge on any atom is -0.355 e. The first-order valence-electron chi connectivity index (χ1n) is 7.09. The van der Waals surface area contributed by atoms with Gasteiger partial charge in [-0.15, -0.1) is 11.3 Å². The lowest BCUT2D eigenvalue weighted by molar-refractivity contribution is -0.120. The van der Waals surface area contributed by atoms with Crippen molar-refractivity contribution < 1.29 is 4.79 Å². The molecule has 1 amide bonds. The molecule has 0 spiro atoms. The number of thiazole rings is 1. The molecule has 0 aliphatic rings. The Labute approximate surface area is 137 Å². The number of nitrogens with one attached hydrogen (secondary N) is 1. The van der Waals surface area contributed by atoms with Crippen LogP contribution in [0.4, 0.5) is 0 Å². The topological polar surface area (TPSA) is 42.0 Å². The first-order chi connectivity index (χ1) is 10.8. The molecule has 2 heterocycles. The van der Waals surface area contributed by atoms with Crippen molar-refractivity contribution in [1.29, 1.82) is 0 Å². The van der Waals surface area contributed by atoms with Crippen LogP contribution < -0.4 is 5.32 Å². The molecule has 3 rings (SSSR count). The first kappa shape index (κ1) is 14.9. The number of carbonyl (C=O) groups excluding carboxylic acids is 1. The van der Waals surface area contributed by atoms with E-state index in [1.165, 1.54) is 5.56 Å². The fourth-order valence-corrected chi connectivity index (χ4v) is 3.66. The summed E-state index contributed by atoms with van der Waals surface area (Å²) in [6.45, 7) is 0.657. The van der Waals surface area contributed by atoms with Crippen molar-refractivity contribution >= 4 is 28.6 Å². The van der Waals surface area contributed by atoms with Gasteiger partial charge >= 0.3 is 0 Å². The maximum absolute atomic E-state index is 12.0. The normalized spacial score (nSPS) is 10.5. The summed E-state index contributed by atoms with van der Waals surface area (Å²) in [6, 6.07) is 12.2. The SMILES string of the molecule is O=C(Cc1csc(-c2ccsc2)n1)NCCc1ccccc1. The Balaban J connectivity index is 1.48. The molecular formula is C17H16N2OS2. The predicted octanol–water partition coefficient (Wildman–Crippen LogP) is 3.77. The molecule has 0 bridgehead atoms. The van der Waals surface area contributed by atoms with Crippen molar-refractivity contribution in [3.8, 4) is 10.6 Å². The third kappa shape index (κ3) is 4.02. The van der Waals surface area contributed by atoms with Gasteiger partial charge in [0.2, 0.25) is 5.91 Å². The molecule has 0 unspecified atom stereocenters. The van der Waals surface area contributed by atoms with Crippen LogP contribution in [0, 0.1) is 0 Å². The predicted molar refractivity (Wildman–Crippen MR) is 92.3 cm³/mol. The Hall–Kier alpha value is -1.98. The van der Waals surface area contributed by atoms with E-state index >= 15 is 0 Å². The lowest BCUT2D eigenvalue weighted by Gasteiger charge is -2.04. The highest BCUT2D eigenvalue weighted by atomic mass is 32.1. The van der Waals surface area contributed by atoms with Crippen molar-refractivity contribution in [1.82, 2.24) is 10.3 Å². The minimum atomic E-state index is 0.0260. The average molecular weight is 328 g/mol. The van der Waals surface area contributed by atoms with E-state index in [1.807, 2.05) is 35.0 Å². The lowest BCUT2D eigenvalue weighted by Crippen LogP contribution is -2.27. The zero-order valence-corrected chi connectivity index (χ0v) is 13.6. The van der Waals surface area contributed by atoms with Crippen molar-refractivity contribution in [2.45, 2.75) is 12.8 Å². The van der Waals surface area contributed by atoms with E-state index in [0.29, 0.717) is 13.0 Å². The summed E-state index contributed by atoms with van der Waals surface area (Å²) in [5.41, 5.74) is 3.20. The Kier molecular flexibility index (Phi) is 4.98. The summed E-state index contributed by atoms with van der Waals surface area (Å²) in [6.07, 6.45) is 1.19. The van der Waals surface area contributed by atoms with E-state index in [1.54, 1.807) is 22.7 Å². The lowest BCUT2D eigenvalue weighted by atomic mass is 10.1. The molecule has 0 saturated carbocycles. The number of nitrogens with zero attached hydrogens (tertiary/aromatic N) is 1. The zero-order chi connectivity index (χ0) is 15.2. The number of thiophene rings is 1. The number of hydrogen-bond acceptors (Lipinski definition) is 4. The molecule has 112 valence electrons. The Morgan fingerprint density at radius 2 is 2.00 bits per heavy atom. The smallest absolute Gasteiger partial charge is 0.226 e. The second-order valence-electron chi connectivity index (χ2n) is 4.92. The molecule has 0 saturated heterocycles. The highest BCUT2D eigenvalue weighted by Gasteiger charge is 2.09. The second kappa shape index (κ2) is 7.33. The molecule has 3 nitrogen and oxygen atoms in total. The van der Waals surface area contributed by atoms with Gasteiger partial charge < -0.3 is 5.32 Å². The summed E-state index contributed by atoms with van der Waals surface area (Å²) in [4.78, 5) is 16.5. The second-order valence-corrected chi connectivity index (χ2v) is 6.56. The van der Waals surface area contributed by atoms with Gasteiger partial charge in [0.25, 0.3) is 0 Å². The number of benzene rings is 1. The van der Waals surface area contributed by atoms with Gasteiger partial charge in [0.05, 0.1) is 12.1 Å². The van der Waals surface area contributed by atoms with Crippen LogP contribution in [0.1, 0.15) is 11.3 Å². The molecule has 22 heavy (non-hydrogen) atoms. The Bertz CT molecular complexity index is 720. The fraction of sp³-hybridized carbons (Fsp3) is 0.176. The van der Waals surface area contributed by atoms with E-state index in [9.17, 15) is 4.79 Å². The van der Waals surface area contributed by atoms with Gasteiger partial charge in [0, 0.05) is 22.9 Å². The van der Waals surface area contributed by atoms with Crippen LogP contribution in [0.2, 0.25) is 0 Å². The monoisotopic (exact) mass is 328 g/mol. The highest BCUT2D eigenvalue weighted by Crippen LogP contribution is 2.25. The number of hydrogen-bond donors (Lipinski definition) is 1. The maximum Gasteiger partial charge on any atom is 0.226 e. The van der Waals surface area contributed by atoms with Gasteiger partial charge in [-0.25, -0.2) is 4.98 Å². The Morgan fingerprint density at radius 3 is 2.77 bits per heavy atom. The Morgan fingerprint density at radius 1 is 1.14 bits per heavy atom. The molecule has 1 N–H and O–H groups in total. The zero-order valence-electron chi connectivity index (χ0n) is 12.0. The van der Waals surface area contributed by atoms with Crippen molar-refractivity contribution in [3.63, 3.8) is 0 Å². The standard InChI is InChI=1S/C17H16N2OS2/c20-16(18-8-6-13-4-2-1-3-5-13)10-15-12-22-17(19-15)14-7-9-21-11-14/h1-5,7,9,11-12H,6,8,10H2,(H,18,20). The summed E-state index contributed by atoms with van der Waals surface area (Å²) < 4.78 is 0. The molecule has 5 heteroatoms. The molecule has 0 radical (unpaired) electrons. The molecule has 0 atom stereocenters. The van der Waals surface area contributed by atoms with E-state index in [2.05, 4.69) is 27.8 Å². The van der Waals surface area contributed by atoms with Gasteiger partial charge in [-0.3, -0.25) is 4.79 Å². The van der Waals surface area contributed by atoms with Crippen LogP contribution >= 0.6 is 22.7 Å². The molecule has 2 aromatic heterocycles. The van der Waals surface area contributed by atoms with E-state index < -0.39 is 0 Å². The van der Waals surface area contributed by atoms with Crippen LogP contribution in [-0.2, 0) is 17.6 Å². The minimum absolute atomic E-state index is 0.0260. The fourth-order valence-electron chi connectivity index (χ4n) is 2.12. The van der Waals surface area contributed by atoms with Crippen LogP contribution in [-0.4, -0.2) is 17.4 Å². The largest absolute Gasteiger partial charge is 0.355 e. The van der Waals surface area contributed by atoms with Gasteiger partial charge in [0.15, 0.2) is 0 Å². The van der Waals surface area contributed by atoms with Crippen LogP contribution in [0.5, 0.6) is 0 Å². The van der Waals surface area contributed by atoms with Crippen LogP contribution in [0.25, 0.3) is 10.6 Å². The van der Waals surface area contributed by atoms with Crippen LogP contribution in [0.15, 0.2) is 52.5 Å². The van der Waals surface area contributed by atoms with Gasteiger partial charge in [-0.2, -0.15) is 11.3 Å². The van der Waals surface area contributed by atoms with Crippen molar-refractivity contribution in [2.75, 3.05) is 6.54 Å². The summed E-state index contributed by atoms with van der Waals surface area (Å²) >= 11 is 3.24. The van der Waals surface area contributed by atoms with Crippen LogP contribution in [0.3, 0.4) is 0 Å². The molecular weight excluding hydrogens is 312 g/mol. The summed E-state index contributed by atoms with van der Waals surface area (Å²) in [5.74, 6) is 0.0260. The molecule has 0 aliphatic carbocycles. The molecule has 0 fully saturated rings. The summed E-state index contributed by atoms with van der Waals surface area (Å²) in [5, 5.41) is 10.00. The third-order valence-corrected chi connectivity index (χ3v) is 4.86. The number of aromatic nitrogens is 1. The first-order valence-corrected chi connectivity index (χ1v) is 8.91. The molecule has 3 aromatic rings. The van der Waals surface area contributed by atoms with Crippen molar-refractivity contribution in [3.05, 3.63) is 63.8 Å². The number of carbonyl (C=O) groups is 1. The van der Waals surface area contributed by atoms with E-state index in [4.69, 9.17) is 0 Å². The molecule has 0 aliphatic heterocycles. The van der Waals surface area contributed by atoms with Crippen molar-refractivity contribution in [2.24, 2.45) is 0 Å². The van der Waals surface area contributed by atoms with E-state index in [-0.39, 0.29) is 5.91 Å². The highest BCUT2D eigenvalue weighted by molar-refractivity contribution is 7.14. The van der Waals surface area contributed by atoms with Gasteiger partial charge in [0.1, 0.15) is 5.01 Å². The maximum atomic E-state index is 12.0. The van der Waals surface area contributed by atoms with Gasteiger partial charge in [-0.05, 0) is 23.4 Å².